The van der Waals surface area contributed by atoms with Gasteiger partial charge < -0.3 is 20.0 Å². The summed E-state index contributed by atoms with van der Waals surface area (Å²) in [4.78, 5) is 16.6. The van der Waals surface area contributed by atoms with Gasteiger partial charge in [-0.15, -0.1) is 0 Å². The number of aromatic amines is 1. The third-order valence-electron chi connectivity index (χ3n) is 3.21. The number of aromatic nitrogens is 2. The zero-order valence-corrected chi connectivity index (χ0v) is 11.5. The summed E-state index contributed by atoms with van der Waals surface area (Å²) in [5.41, 5.74) is -0.405. The van der Waals surface area contributed by atoms with E-state index >= 15 is 0 Å². The van der Waals surface area contributed by atoms with Crippen LogP contribution < -0.4 is 0 Å². The van der Waals surface area contributed by atoms with E-state index in [-0.39, 0.29) is 13.0 Å². The molecule has 22 heavy (non-hydrogen) atoms. The average Bonchev–Trinajstić information content (AvgIpc) is 2.83. The fourth-order valence-corrected chi connectivity index (χ4v) is 2.20. The van der Waals surface area contributed by atoms with Gasteiger partial charge in [-0.3, -0.25) is 4.90 Å². The minimum Gasteiger partial charge on any atom is -0.391 e. The summed E-state index contributed by atoms with van der Waals surface area (Å²) in [6.07, 6.45) is -6.19. The molecule has 0 unspecified atom stereocenters. The summed E-state index contributed by atoms with van der Waals surface area (Å²) in [5.74, 6) is -2.28. The van der Waals surface area contributed by atoms with Gasteiger partial charge in [-0.1, -0.05) is 0 Å². The zero-order valence-electron chi connectivity index (χ0n) is 11.5. The molecule has 0 aromatic carbocycles. The maximum Gasteiger partial charge on any atom is 0.473 e. The number of morpholine rings is 1. The van der Waals surface area contributed by atoms with Crippen molar-refractivity contribution in [1.82, 2.24) is 14.9 Å². The van der Waals surface area contributed by atoms with Crippen molar-refractivity contribution in [2.24, 2.45) is 0 Å². The van der Waals surface area contributed by atoms with Crippen LogP contribution in [0.4, 0.5) is 19.0 Å². The Labute approximate surface area is 123 Å². The number of rotatable bonds is 5. The number of imidazole rings is 1. The Morgan fingerprint density at radius 2 is 2.09 bits per heavy atom. The molecule has 1 saturated heterocycles. The molecule has 0 bridgehead atoms. The van der Waals surface area contributed by atoms with E-state index in [0.29, 0.717) is 26.3 Å². The van der Waals surface area contributed by atoms with Crippen LogP contribution in [-0.2, 0) is 17.3 Å². The molecular weight excluding hydrogens is 309 g/mol. The van der Waals surface area contributed by atoms with Crippen LogP contribution in [0.2, 0.25) is 0 Å². The Balaban J connectivity index is 2.07. The summed E-state index contributed by atoms with van der Waals surface area (Å²) in [6, 6.07) is 0. The van der Waals surface area contributed by atoms with Crippen LogP contribution in [0.15, 0.2) is 0 Å². The molecule has 0 spiro atoms. The second kappa shape index (κ2) is 6.58. The van der Waals surface area contributed by atoms with E-state index in [0.717, 1.165) is 0 Å². The van der Waals surface area contributed by atoms with Gasteiger partial charge in [0.1, 0.15) is 5.69 Å². The second-order valence-corrected chi connectivity index (χ2v) is 4.91. The number of nitrogens with one attached hydrogen (secondary N) is 1. The number of ether oxygens (including phenoxy) is 1. The molecule has 0 amide bonds. The quantitative estimate of drug-likeness (QED) is 0.606. The molecule has 0 radical (unpaired) electrons. The van der Waals surface area contributed by atoms with Gasteiger partial charge >= 0.3 is 17.8 Å². The summed E-state index contributed by atoms with van der Waals surface area (Å²) in [6.45, 7) is 2.39. The minimum atomic E-state index is -4.81. The van der Waals surface area contributed by atoms with Crippen molar-refractivity contribution in [3.63, 3.8) is 0 Å². The van der Waals surface area contributed by atoms with Gasteiger partial charge in [-0.05, 0) is 4.92 Å². The third-order valence-corrected chi connectivity index (χ3v) is 3.21. The molecule has 0 aliphatic carbocycles. The highest BCUT2D eigenvalue weighted by atomic mass is 19.4. The van der Waals surface area contributed by atoms with Crippen LogP contribution in [0.1, 0.15) is 11.5 Å². The number of aliphatic hydroxyl groups excluding tert-OH is 1. The molecule has 11 heteroatoms. The third kappa shape index (κ3) is 4.15. The molecule has 1 aliphatic heterocycles. The highest BCUT2D eigenvalue weighted by molar-refractivity contribution is 5.29. The van der Waals surface area contributed by atoms with Crippen molar-refractivity contribution >= 4 is 5.82 Å². The summed E-state index contributed by atoms with van der Waals surface area (Å²) < 4.78 is 42.8. The molecule has 8 nitrogen and oxygen atoms in total. The smallest absolute Gasteiger partial charge is 0.391 e. The molecule has 124 valence electrons. The van der Waals surface area contributed by atoms with E-state index in [4.69, 9.17) is 4.74 Å². The number of aliphatic hydroxyl groups is 1. The van der Waals surface area contributed by atoms with Crippen molar-refractivity contribution in [2.45, 2.75) is 18.7 Å². The molecule has 2 N–H and O–H groups in total. The Morgan fingerprint density at radius 1 is 1.45 bits per heavy atom. The number of nitro groups is 1. The molecular formula is C11H15F3N4O4. The summed E-state index contributed by atoms with van der Waals surface area (Å²) in [7, 11) is 0. The first kappa shape index (κ1) is 16.6. The standard InChI is InChI=1S/C11H15F3N4O4/c12-11(13,14)10-15-8(9(16-10)18(20)21)5-7(19)6-17-1-3-22-4-2-17/h7,19H,1-6H2,(H,15,16)/t7-/m1/s1. The maximum atomic E-state index is 12.6. The Hall–Kier alpha value is -1.72. The molecule has 1 aliphatic rings. The molecule has 2 rings (SSSR count). The molecule has 1 fully saturated rings. The van der Waals surface area contributed by atoms with E-state index in [9.17, 15) is 28.4 Å². The van der Waals surface area contributed by atoms with Gasteiger partial charge in [-0.25, -0.2) is 9.97 Å². The number of β-amino-alcohol motifs (C(OH)–C–C–N with tert-alkyl or cyclic N) is 1. The van der Waals surface area contributed by atoms with Crippen molar-refractivity contribution < 1.29 is 27.9 Å². The average molecular weight is 324 g/mol. The lowest BCUT2D eigenvalue weighted by molar-refractivity contribution is -0.390. The lowest BCUT2D eigenvalue weighted by atomic mass is 10.2. The van der Waals surface area contributed by atoms with E-state index in [1.54, 1.807) is 4.98 Å². The Bertz CT molecular complexity index is 528. The van der Waals surface area contributed by atoms with E-state index < -0.39 is 34.5 Å². The Kier molecular flexibility index (Phi) is 4.98. The predicted octanol–water partition coefficient (Wildman–Crippen LogP) is 0.572. The van der Waals surface area contributed by atoms with Crippen LogP contribution in [-0.4, -0.2) is 63.8 Å². The van der Waals surface area contributed by atoms with Crippen molar-refractivity contribution in [1.29, 1.82) is 0 Å². The van der Waals surface area contributed by atoms with E-state index in [2.05, 4.69) is 4.98 Å². The topological polar surface area (TPSA) is 105 Å². The second-order valence-electron chi connectivity index (χ2n) is 4.91. The first-order chi connectivity index (χ1) is 10.3. The van der Waals surface area contributed by atoms with Gasteiger partial charge in [0.25, 0.3) is 0 Å². The maximum absolute atomic E-state index is 12.6. The number of nitrogens with zero attached hydrogens (tertiary/aromatic N) is 3. The largest absolute Gasteiger partial charge is 0.473 e. The first-order valence-corrected chi connectivity index (χ1v) is 6.56. The van der Waals surface area contributed by atoms with Crippen LogP contribution in [0.5, 0.6) is 0 Å². The minimum absolute atomic E-state index is 0.189. The number of alkyl halides is 3. The van der Waals surface area contributed by atoms with Crippen LogP contribution in [0, 0.1) is 10.1 Å². The fraction of sp³-hybridized carbons (Fsp3) is 0.727. The van der Waals surface area contributed by atoms with Crippen molar-refractivity contribution in [3.8, 4) is 0 Å². The first-order valence-electron chi connectivity index (χ1n) is 6.56. The molecule has 2 heterocycles. The highest BCUT2D eigenvalue weighted by Gasteiger charge is 2.41. The van der Waals surface area contributed by atoms with Crippen LogP contribution >= 0.6 is 0 Å². The molecule has 1 aromatic heterocycles. The van der Waals surface area contributed by atoms with Gasteiger partial charge in [0.2, 0.25) is 0 Å². The predicted molar refractivity (Wildman–Crippen MR) is 67.2 cm³/mol. The number of halogens is 3. The monoisotopic (exact) mass is 324 g/mol. The molecule has 0 saturated carbocycles. The summed E-state index contributed by atoms with van der Waals surface area (Å²) in [5, 5.41) is 20.7. The van der Waals surface area contributed by atoms with Gasteiger partial charge in [0.05, 0.1) is 19.3 Å². The van der Waals surface area contributed by atoms with Gasteiger partial charge in [0.15, 0.2) is 0 Å². The molecule has 1 atom stereocenters. The van der Waals surface area contributed by atoms with Crippen LogP contribution in [0.3, 0.4) is 0 Å². The summed E-state index contributed by atoms with van der Waals surface area (Å²) >= 11 is 0. The zero-order chi connectivity index (χ0) is 16.3. The van der Waals surface area contributed by atoms with E-state index in [1.807, 2.05) is 4.90 Å². The Morgan fingerprint density at radius 3 is 2.64 bits per heavy atom. The number of hydrogen-bond donors (Lipinski definition) is 2. The number of H-pyrrole nitrogens is 1. The lowest BCUT2D eigenvalue weighted by Gasteiger charge is -2.28. The fourth-order valence-electron chi connectivity index (χ4n) is 2.20. The van der Waals surface area contributed by atoms with Gasteiger partial charge in [-0.2, -0.15) is 13.2 Å². The number of hydrogen-bond acceptors (Lipinski definition) is 6. The molecule has 1 aromatic rings. The van der Waals surface area contributed by atoms with Gasteiger partial charge in [0, 0.05) is 26.1 Å². The normalized spacial score (nSPS) is 18.4. The van der Waals surface area contributed by atoms with Crippen LogP contribution in [0.25, 0.3) is 0 Å². The van der Waals surface area contributed by atoms with E-state index in [1.165, 1.54) is 0 Å². The lowest BCUT2D eigenvalue weighted by Crippen LogP contribution is -2.41. The van der Waals surface area contributed by atoms with Crippen molar-refractivity contribution in [2.75, 3.05) is 32.8 Å². The SMILES string of the molecule is O=[N+]([O-])c1[nH]c(C(F)(F)F)nc1C[C@@H](O)CN1CCOCC1. The highest BCUT2D eigenvalue weighted by Crippen LogP contribution is 2.30. The van der Waals surface area contributed by atoms with Crippen molar-refractivity contribution in [3.05, 3.63) is 21.6 Å².